The molecule has 18 heavy (non-hydrogen) atoms. The van der Waals surface area contributed by atoms with Crippen LogP contribution in [0.25, 0.3) is 11.0 Å². The number of aromatic amines is 1. The van der Waals surface area contributed by atoms with E-state index in [1.165, 1.54) is 0 Å². The highest BCUT2D eigenvalue weighted by atomic mass is 32.1. The van der Waals surface area contributed by atoms with Crippen LogP contribution < -0.4 is 4.74 Å². The zero-order valence-corrected chi connectivity index (χ0v) is 12.2. The zero-order valence-electron chi connectivity index (χ0n) is 11.4. The van der Waals surface area contributed by atoms with E-state index in [1.807, 2.05) is 12.1 Å². The molecule has 0 spiro atoms. The van der Waals surface area contributed by atoms with Gasteiger partial charge in [-0.1, -0.05) is 19.9 Å². The highest BCUT2D eigenvalue weighted by Crippen LogP contribution is 2.28. The van der Waals surface area contributed by atoms with E-state index in [-0.39, 0.29) is 0 Å². The Balaban J connectivity index is 2.57. The molecule has 1 N–H and O–H groups in total. The first-order valence-corrected chi connectivity index (χ1v) is 6.72. The third-order valence-corrected chi connectivity index (χ3v) is 3.49. The van der Waals surface area contributed by atoms with Gasteiger partial charge in [0.1, 0.15) is 11.3 Å². The number of aromatic nitrogens is 2. The summed E-state index contributed by atoms with van der Waals surface area (Å²) in [6.07, 6.45) is 1.11. The molecule has 0 bridgehead atoms. The quantitative estimate of drug-likeness (QED) is 0.834. The number of fused-ring (bicyclic) bond motifs is 1. The van der Waals surface area contributed by atoms with Gasteiger partial charge in [-0.05, 0) is 43.6 Å². The van der Waals surface area contributed by atoms with Crippen LogP contribution in [-0.4, -0.2) is 16.7 Å². The molecular weight excluding hydrogens is 244 g/mol. The highest BCUT2D eigenvalue weighted by molar-refractivity contribution is 7.71. The molecule has 3 nitrogen and oxygen atoms in total. The number of rotatable bonds is 4. The fourth-order valence-electron chi connectivity index (χ4n) is 2.52. The van der Waals surface area contributed by atoms with E-state index < -0.39 is 0 Å². The van der Waals surface area contributed by atoms with Crippen molar-refractivity contribution < 1.29 is 4.74 Å². The summed E-state index contributed by atoms with van der Waals surface area (Å²) < 4.78 is 8.32. The van der Waals surface area contributed by atoms with Gasteiger partial charge in [-0.15, -0.1) is 0 Å². The molecule has 1 heterocycles. The first kappa shape index (κ1) is 13.1. The number of benzene rings is 1. The number of hydrogen-bond acceptors (Lipinski definition) is 2. The van der Waals surface area contributed by atoms with Crippen molar-refractivity contribution in [3.05, 3.63) is 23.0 Å². The van der Waals surface area contributed by atoms with Gasteiger partial charge in [0.05, 0.1) is 12.6 Å². The van der Waals surface area contributed by atoms with Gasteiger partial charge in [0, 0.05) is 6.04 Å². The standard InChI is InChI=1S/C14H20N2OS/c1-9(2)8-10(3)16-11-6-5-7-12(17-4)13(11)15-14(16)18/h5-7,9-10H,8H2,1-4H3,(H,15,18). The molecule has 1 unspecified atom stereocenters. The SMILES string of the molecule is COc1cccc2c1[nH]c(=S)n2C(C)CC(C)C. The number of imidazole rings is 1. The van der Waals surface area contributed by atoms with Crippen molar-refractivity contribution in [3.8, 4) is 5.75 Å². The molecule has 0 fully saturated rings. The molecule has 2 rings (SSSR count). The number of nitrogens with one attached hydrogen (secondary N) is 1. The van der Waals surface area contributed by atoms with Crippen molar-refractivity contribution >= 4 is 23.3 Å². The first-order chi connectivity index (χ1) is 8.54. The summed E-state index contributed by atoms with van der Waals surface area (Å²) in [5, 5.41) is 0. The van der Waals surface area contributed by atoms with Crippen molar-refractivity contribution in [2.24, 2.45) is 5.92 Å². The van der Waals surface area contributed by atoms with Crippen LogP contribution in [0.2, 0.25) is 0 Å². The van der Waals surface area contributed by atoms with Crippen LogP contribution >= 0.6 is 12.2 Å². The molecule has 0 radical (unpaired) electrons. The van der Waals surface area contributed by atoms with Gasteiger partial charge in [0.2, 0.25) is 0 Å². The summed E-state index contributed by atoms with van der Waals surface area (Å²) in [5.41, 5.74) is 2.10. The molecule has 2 aromatic rings. The largest absolute Gasteiger partial charge is 0.494 e. The second kappa shape index (κ2) is 5.14. The molecule has 0 aliphatic heterocycles. The molecule has 0 saturated heterocycles. The lowest BCUT2D eigenvalue weighted by molar-refractivity contribution is 0.418. The number of methoxy groups -OCH3 is 1. The van der Waals surface area contributed by atoms with Crippen LogP contribution in [0.3, 0.4) is 0 Å². The Morgan fingerprint density at radius 3 is 2.67 bits per heavy atom. The molecule has 98 valence electrons. The van der Waals surface area contributed by atoms with E-state index in [2.05, 4.69) is 36.4 Å². The minimum absolute atomic E-state index is 0.387. The summed E-state index contributed by atoms with van der Waals surface area (Å²) in [6, 6.07) is 6.42. The van der Waals surface area contributed by atoms with Gasteiger partial charge in [-0.25, -0.2) is 0 Å². The molecule has 1 atom stereocenters. The molecule has 0 aliphatic carbocycles. The molecule has 1 aromatic carbocycles. The normalized spacial score (nSPS) is 13.2. The third kappa shape index (κ3) is 2.29. The van der Waals surface area contributed by atoms with E-state index in [0.29, 0.717) is 12.0 Å². The smallest absolute Gasteiger partial charge is 0.178 e. The van der Waals surface area contributed by atoms with Crippen LogP contribution in [0, 0.1) is 10.7 Å². The lowest BCUT2D eigenvalue weighted by Crippen LogP contribution is -2.08. The van der Waals surface area contributed by atoms with E-state index in [0.717, 1.165) is 28.0 Å². The van der Waals surface area contributed by atoms with Crippen molar-refractivity contribution in [2.75, 3.05) is 7.11 Å². The zero-order chi connectivity index (χ0) is 13.3. The molecule has 0 amide bonds. The maximum Gasteiger partial charge on any atom is 0.178 e. The summed E-state index contributed by atoms with van der Waals surface area (Å²) >= 11 is 5.44. The molecule has 1 aromatic heterocycles. The summed E-state index contributed by atoms with van der Waals surface area (Å²) in [7, 11) is 1.68. The second-order valence-corrected chi connectivity index (χ2v) is 5.52. The monoisotopic (exact) mass is 264 g/mol. The predicted octanol–water partition coefficient (Wildman–Crippen LogP) is 4.31. The lowest BCUT2D eigenvalue weighted by atomic mass is 10.1. The number of ether oxygens (including phenoxy) is 1. The maximum atomic E-state index is 5.44. The van der Waals surface area contributed by atoms with E-state index in [9.17, 15) is 0 Å². The van der Waals surface area contributed by atoms with Gasteiger partial charge >= 0.3 is 0 Å². The Labute approximate surface area is 113 Å². The van der Waals surface area contributed by atoms with Crippen molar-refractivity contribution in [1.82, 2.24) is 9.55 Å². The average Bonchev–Trinajstić information content (AvgIpc) is 2.63. The number of nitrogens with zero attached hydrogens (tertiary/aromatic N) is 1. The number of hydrogen-bond donors (Lipinski definition) is 1. The van der Waals surface area contributed by atoms with Crippen molar-refractivity contribution in [2.45, 2.75) is 33.2 Å². The van der Waals surface area contributed by atoms with E-state index in [1.54, 1.807) is 7.11 Å². The molecule has 4 heteroatoms. The summed E-state index contributed by atoms with van der Waals surface area (Å²) in [5.74, 6) is 1.49. The molecule has 0 aliphatic rings. The van der Waals surface area contributed by atoms with Crippen LogP contribution in [0.5, 0.6) is 5.75 Å². The Morgan fingerprint density at radius 1 is 1.33 bits per heavy atom. The Kier molecular flexibility index (Phi) is 3.76. The van der Waals surface area contributed by atoms with E-state index >= 15 is 0 Å². The number of para-hydroxylation sites is 1. The topological polar surface area (TPSA) is 29.9 Å². The summed E-state index contributed by atoms with van der Waals surface area (Å²) in [6.45, 7) is 6.67. The highest BCUT2D eigenvalue weighted by Gasteiger charge is 2.14. The minimum atomic E-state index is 0.387. The van der Waals surface area contributed by atoms with Crippen LogP contribution in [0.1, 0.15) is 33.2 Å². The average molecular weight is 264 g/mol. The van der Waals surface area contributed by atoms with Crippen LogP contribution in [0.15, 0.2) is 18.2 Å². The van der Waals surface area contributed by atoms with Crippen LogP contribution in [-0.2, 0) is 0 Å². The molecule has 0 saturated carbocycles. The maximum absolute atomic E-state index is 5.44. The van der Waals surface area contributed by atoms with Gasteiger partial charge in [-0.3, -0.25) is 0 Å². The van der Waals surface area contributed by atoms with Gasteiger partial charge in [0.25, 0.3) is 0 Å². The van der Waals surface area contributed by atoms with Gasteiger partial charge in [-0.2, -0.15) is 0 Å². The number of H-pyrrole nitrogens is 1. The van der Waals surface area contributed by atoms with Crippen LogP contribution in [0.4, 0.5) is 0 Å². The Hall–Kier alpha value is -1.29. The predicted molar refractivity (Wildman–Crippen MR) is 77.8 cm³/mol. The van der Waals surface area contributed by atoms with Crippen molar-refractivity contribution in [3.63, 3.8) is 0 Å². The fourth-order valence-corrected chi connectivity index (χ4v) is 2.90. The van der Waals surface area contributed by atoms with Gasteiger partial charge in [0.15, 0.2) is 4.77 Å². The third-order valence-electron chi connectivity index (χ3n) is 3.19. The summed E-state index contributed by atoms with van der Waals surface area (Å²) in [4.78, 5) is 3.25. The van der Waals surface area contributed by atoms with E-state index in [4.69, 9.17) is 17.0 Å². The van der Waals surface area contributed by atoms with Crippen molar-refractivity contribution in [1.29, 1.82) is 0 Å². The Morgan fingerprint density at radius 2 is 2.06 bits per heavy atom. The lowest BCUT2D eigenvalue weighted by Gasteiger charge is -2.16. The fraction of sp³-hybridized carbons (Fsp3) is 0.500. The molecular formula is C14H20N2OS. The minimum Gasteiger partial charge on any atom is -0.494 e. The Bertz CT molecular complexity index is 597. The first-order valence-electron chi connectivity index (χ1n) is 6.31. The second-order valence-electron chi connectivity index (χ2n) is 5.13. The van der Waals surface area contributed by atoms with Gasteiger partial charge < -0.3 is 14.3 Å².